The summed E-state index contributed by atoms with van der Waals surface area (Å²) in [5.41, 5.74) is 5.35. The van der Waals surface area contributed by atoms with Gasteiger partial charge < -0.3 is 10.6 Å². The van der Waals surface area contributed by atoms with Gasteiger partial charge in [0.05, 0.1) is 17.8 Å². The molecule has 0 spiro atoms. The fraction of sp³-hybridized carbons (Fsp3) is 0.400. The lowest BCUT2D eigenvalue weighted by molar-refractivity contribution is -0.129. The SMILES string of the molecule is O=C(NN1CCNCC1c1ccccn1)[C@H]1NCCC1c1ccccc1. The first-order chi connectivity index (χ1) is 12.8. The van der Waals surface area contributed by atoms with Gasteiger partial charge in [-0.1, -0.05) is 36.4 Å². The van der Waals surface area contributed by atoms with Gasteiger partial charge in [0, 0.05) is 31.7 Å². The summed E-state index contributed by atoms with van der Waals surface area (Å²) in [5, 5.41) is 8.80. The van der Waals surface area contributed by atoms with E-state index in [0.717, 1.165) is 38.3 Å². The maximum absolute atomic E-state index is 13.0. The predicted octanol–water partition coefficient (Wildman–Crippen LogP) is 1.20. The second kappa shape index (κ2) is 7.95. The maximum Gasteiger partial charge on any atom is 0.252 e. The zero-order valence-corrected chi connectivity index (χ0v) is 14.8. The molecule has 6 nitrogen and oxygen atoms in total. The maximum atomic E-state index is 13.0. The summed E-state index contributed by atoms with van der Waals surface area (Å²) in [6, 6.07) is 16.1. The van der Waals surface area contributed by atoms with E-state index in [0.29, 0.717) is 0 Å². The van der Waals surface area contributed by atoms with Crippen molar-refractivity contribution in [3.05, 3.63) is 66.0 Å². The standard InChI is InChI=1S/C20H25N5O/c26-20(19-16(9-11-23-19)15-6-2-1-3-7-15)24-25-13-12-21-14-18(25)17-8-4-5-10-22-17/h1-8,10,16,18-19,21,23H,9,11-14H2,(H,24,26)/t16?,18?,19-/m0/s1. The van der Waals surface area contributed by atoms with Crippen LogP contribution in [-0.2, 0) is 4.79 Å². The van der Waals surface area contributed by atoms with Gasteiger partial charge >= 0.3 is 0 Å². The Morgan fingerprint density at radius 3 is 2.77 bits per heavy atom. The lowest BCUT2D eigenvalue weighted by Crippen LogP contribution is -2.57. The van der Waals surface area contributed by atoms with Crippen molar-refractivity contribution in [3.8, 4) is 0 Å². The van der Waals surface area contributed by atoms with E-state index in [1.54, 1.807) is 6.20 Å². The highest BCUT2D eigenvalue weighted by molar-refractivity contribution is 5.83. The molecule has 2 saturated heterocycles. The van der Waals surface area contributed by atoms with Crippen molar-refractivity contribution in [2.45, 2.75) is 24.4 Å². The van der Waals surface area contributed by atoms with Crippen LogP contribution in [0.25, 0.3) is 0 Å². The first-order valence-corrected chi connectivity index (χ1v) is 9.30. The topological polar surface area (TPSA) is 69.3 Å². The Bertz CT molecular complexity index is 723. The average Bonchev–Trinajstić information content (AvgIpc) is 3.20. The number of carbonyl (C=O) groups is 1. The number of hydrogen-bond donors (Lipinski definition) is 3. The molecule has 2 unspecified atom stereocenters. The van der Waals surface area contributed by atoms with Crippen LogP contribution in [-0.4, -0.2) is 48.1 Å². The molecule has 3 heterocycles. The Morgan fingerprint density at radius 2 is 1.96 bits per heavy atom. The largest absolute Gasteiger partial charge is 0.313 e. The van der Waals surface area contributed by atoms with Gasteiger partial charge in [0.1, 0.15) is 0 Å². The molecule has 0 saturated carbocycles. The van der Waals surface area contributed by atoms with E-state index < -0.39 is 0 Å². The summed E-state index contributed by atoms with van der Waals surface area (Å²) in [6.07, 6.45) is 2.78. The molecule has 0 bridgehead atoms. The summed E-state index contributed by atoms with van der Waals surface area (Å²) in [5.74, 6) is 0.256. The highest BCUT2D eigenvalue weighted by Gasteiger charge is 2.36. The van der Waals surface area contributed by atoms with Crippen LogP contribution < -0.4 is 16.1 Å². The second-order valence-electron chi connectivity index (χ2n) is 6.88. The van der Waals surface area contributed by atoms with Crippen molar-refractivity contribution < 1.29 is 4.79 Å². The predicted molar refractivity (Wildman–Crippen MR) is 100 cm³/mol. The quantitative estimate of drug-likeness (QED) is 0.772. The number of hydrazine groups is 1. The number of amides is 1. The third-order valence-corrected chi connectivity index (χ3v) is 5.26. The van der Waals surface area contributed by atoms with Crippen LogP contribution in [0.15, 0.2) is 54.7 Å². The van der Waals surface area contributed by atoms with Gasteiger partial charge in [0.25, 0.3) is 5.91 Å². The van der Waals surface area contributed by atoms with Crippen molar-refractivity contribution >= 4 is 5.91 Å². The summed E-state index contributed by atoms with van der Waals surface area (Å²) in [7, 11) is 0. The minimum Gasteiger partial charge on any atom is -0.313 e. The normalized spacial score (nSPS) is 26.5. The summed E-state index contributed by atoms with van der Waals surface area (Å²) >= 11 is 0. The Hall–Kier alpha value is -2.28. The number of nitrogens with zero attached hydrogens (tertiary/aromatic N) is 2. The third-order valence-electron chi connectivity index (χ3n) is 5.26. The molecule has 1 amide bonds. The van der Waals surface area contributed by atoms with Gasteiger partial charge in [0.2, 0.25) is 0 Å². The molecule has 26 heavy (non-hydrogen) atoms. The summed E-state index contributed by atoms with van der Waals surface area (Å²) < 4.78 is 0. The number of benzene rings is 1. The number of aromatic nitrogens is 1. The number of piperazine rings is 1. The fourth-order valence-electron chi connectivity index (χ4n) is 3.92. The number of carbonyl (C=O) groups excluding carboxylic acids is 1. The van der Waals surface area contributed by atoms with Crippen LogP contribution in [0.2, 0.25) is 0 Å². The second-order valence-corrected chi connectivity index (χ2v) is 6.88. The van der Waals surface area contributed by atoms with Gasteiger partial charge in [-0.25, -0.2) is 5.01 Å². The van der Waals surface area contributed by atoms with Crippen molar-refractivity contribution in [1.82, 2.24) is 26.1 Å². The molecule has 0 aliphatic carbocycles. The molecule has 136 valence electrons. The lowest BCUT2D eigenvalue weighted by Gasteiger charge is -2.36. The van der Waals surface area contributed by atoms with Gasteiger partial charge in [-0.05, 0) is 30.7 Å². The molecule has 2 fully saturated rings. The molecule has 1 aromatic heterocycles. The van der Waals surface area contributed by atoms with E-state index in [1.807, 2.05) is 41.4 Å². The molecule has 2 aromatic rings. The zero-order valence-electron chi connectivity index (χ0n) is 14.8. The van der Waals surface area contributed by atoms with E-state index in [2.05, 4.69) is 33.2 Å². The highest BCUT2D eigenvalue weighted by Crippen LogP contribution is 2.28. The minimum atomic E-state index is -0.198. The van der Waals surface area contributed by atoms with E-state index in [-0.39, 0.29) is 23.9 Å². The Balaban J connectivity index is 1.47. The molecule has 2 aliphatic rings. The lowest BCUT2D eigenvalue weighted by atomic mass is 9.91. The first kappa shape index (κ1) is 17.1. The Morgan fingerprint density at radius 1 is 1.12 bits per heavy atom. The Labute approximate surface area is 154 Å². The van der Waals surface area contributed by atoms with Gasteiger partial charge in [-0.15, -0.1) is 0 Å². The van der Waals surface area contributed by atoms with Gasteiger partial charge in [-0.2, -0.15) is 0 Å². The van der Waals surface area contributed by atoms with Crippen LogP contribution in [0.3, 0.4) is 0 Å². The Kier molecular flexibility index (Phi) is 5.24. The van der Waals surface area contributed by atoms with Gasteiger partial charge in [-0.3, -0.25) is 15.2 Å². The monoisotopic (exact) mass is 351 g/mol. The number of pyridine rings is 1. The van der Waals surface area contributed by atoms with E-state index >= 15 is 0 Å². The van der Waals surface area contributed by atoms with Crippen LogP contribution in [0.4, 0.5) is 0 Å². The molecule has 4 rings (SSSR count). The average molecular weight is 351 g/mol. The van der Waals surface area contributed by atoms with E-state index in [4.69, 9.17) is 0 Å². The molecule has 2 aliphatic heterocycles. The third kappa shape index (κ3) is 3.62. The van der Waals surface area contributed by atoms with Crippen molar-refractivity contribution in [2.24, 2.45) is 0 Å². The minimum absolute atomic E-state index is 0.0409. The molecule has 3 atom stereocenters. The molecule has 6 heteroatoms. The number of hydrogen-bond acceptors (Lipinski definition) is 5. The van der Waals surface area contributed by atoms with Crippen LogP contribution in [0, 0.1) is 0 Å². The molecule has 0 radical (unpaired) electrons. The van der Waals surface area contributed by atoms with Crippen LogP contribution >= 0.6 is 0 Å². The van der Waals surface area contributed by atoms with Crippen molar-refractivity contribution in [3.63, 3.8) is 0 Å². The van der Waals surface area contributed by atoms with Crippen molar-refractivity contribution in [2.75, 3.05) is 26.2 Å². The fourth-order valence-corrected chi connectivity index (χ4v) is 3.92. The van der Waals surface area contributed by atoms with Crippen LogP contribution in [0.1, 0.15) is 29.6 Å². The van der Waals surface area contributed by atoms with Gasteiger partial charge in [0.15, 0.2) is 0 Å². The smallest absolute Gasteiger partial charge is 0.252 e. The highest BCUT2D eigenvalue weighted by atomic mass is 16.2. The molecular weight excluding hydrogens is 326 g/mol. The van der Waals surface area contributed by atoms with E-state index in [9.17, 15) is 4.79 Å². The zero-order chi connectivity index (χ0) is 17.8. The summed E-state index contributed by atoms with van der Waals surface area (Å²) in [6.45, 7) is 3.25. The molecular formula is C20H25N5O. The van der Waals surface area contributed by atoms with E-state index in [1.165, 1.54) is 5.56 Å². The number of nitrogens with one attached hydrogen (secondary N) is 3. The first-order valence-electron chi connectivity index (χ1n) is 9.30. The summed E-state index contributed by atoms with van der Waals surface area (Å²) in [4.78, 5) is 17.5. The number of rotatable bonds is 4. The van der Waals surface area contributed by atoms with Crippen molar-refractivity contribution in [1.29, 1.82) is 0 Å². The van der Waals surface area contributed by atoms with Crippen LogP contribution in [0.5, 0.6) is 0 Å². The molecule has 3 N–H and O–H groups in total. The molecule has 1 aromatic carbocycles.